The number of anilines is 1. The SMILES string of the molecule is CC(=O)OCC(=O)N(CC(O)CO)c1c(Br)c(C(=O)NCC(COC(C)=O)OC(C)=O)c(Br)c(C(=O)NCC(COC(C)=O)OC(C)=O)c1Br. The van der Waals surface area contributed by atoms with Crippen molar-refractivity contribution in [3.05, 3.63) is 24.5 Å². The highest BCUT2D eigenvalue weighted by molar-refractivity contribution is 9.11. The molecule has 4 N–H and O–H groups in total. The first-order valence-electron chi connectivity index (χ1n) is 14.4. The smallest absolute Gasteiger partial charge is 0.303 e. The van der Waals surface area contributed by atoms with E-state index in [1.807, 2.05) is 0 Å². The van der Waals surface area contributed by atoms with Crippen molar-refractivity contribution in [3.8, 4) is 0 Å². The van der Waals surface area contributed by atoms with Crippen molar-refractivity contribution in [2.75, 3.05) is 51.0 Å². The summed E-state index contributed by atoms with van der Waals surface area (Å²) < 4.78 is 24.3. The molecule has 1 rings (SSSR count). The molecule has 50 heavy (non-hydrogen) atoms. The van der Waals surface area contributed by atoms with E-state index in [-0.39, 0.29) is 30.2 Å². The van der Waals surface area contributed by atoms with Crippen molar-refractivity contribution in [2.24, 2.45) is 0 Å². The molecule has 0 fully saturated rings. The highest BCUT2D eigenvalue weighted by atomic mass is 79.9. The van der Waals surface area contributed by atoms with Gasteiger partial charge in [0.2, 0.25) is 0 Å². The van der Waals surface area contributed by atoms with Crippen LogP contribution < -0.4 is 15.5 Å². The zero-order valence-corrected chi connectivity index (χ0v) is 32.2. The highest BCUT2D eigenvalue weighted by Gasteiger charge is 2.34. The maximum absolute atomic E-state index is 13.7. The Hall–Kier alpha value is -3.66. The second-order valence-electron chi connectivity index (χ2n) is 10.1. The number of carbonyl (C=O) groups excluding carboxylic acids is 8. The molecular weight excluding hydrogens is 870 g/mol. The van der Waals surface area contributed by atoms with Crippen molar-refractivity contribution in [3.63, 3.8) is 0 Å². The maximum atomic E-state index is 13.7. The van der Waals surface area contributed by atoms with E-state index < -0.39 is 112 Å². The summed E-state index contributed by atoms with van der Waals surface area (Å²) in [5.41, 5.74) is -0.869. The quantitative estimate of drug-likeness (QED) is 0.117. The van der Waals surface area contributed by atoms with Crippen molar-refractivity contribution < 1.29 is 72.3 Å². The van der Waals surface area contributed by atoms with Gasteiger partial charge in [-0.1, -0.05) is 0 Å². The Morgan fingerprint density at radius 2 is 1.06 bits per heavy atom. The van der Waals surface area contributed by atoms with Crippen LogP contribution in [0.15, 0.2) is 13.4 Å². The lowest BCUT2D eigenvalue weighted by molar-refractivity contribution is -0.155. The molecule has 0 aliphatic carbocycles. The van der Waals surface area contributed by atoms with Crippen LogP contribution in [-0.4, -0.2) is 122 Å². The molecule has 0 heterocycles. The predicted molar refractivity (Wildman–Crippen MR) is 181 cm³/mol. The molecule has 0 aliphatic rings. The molecule has 21 heteroatoms. The number of ether oxygens (including phenoxy) is 5. The Bertz CT molecular complexity index is 1390. The van der Waals surface area contributed by atoms with E-state index in [9.17, 15) is 48.6 Å². The van der Waals surface area contributed by atoms with Gasteiger partial charge >= 0.3 is 29.8 Å². The summed E-state index contributed by atoms with van der Waals surface area (Å²) in [6, 6.07) is 0. The van der Waals surface area contributed by atoms with Crippen LogP contribution in [0.2, 0.25) is 0 Å². The Balaban J connectivity index is 3.84. The molecular formula is C29H36Br3N3O15. The van der Waals surface area contributed by atoms with Crippen molar-refractivity contribution in [1.29, 1.82) is 0 Å². The van der Waals surface area contributed by atoms with Crippen molar-refractivity contribution in [1.82, 2.24) is 10.6 Å². The summed E-state index contributed by atoms with van der Waals surface area (Å²) in [4.78, 5) is 99.0. The Kier molecular flexibility index (Phi) is 19.1. The largest absolute Gasteiger partial charge is 0.462 e. The van der Waals surface area contributed by atoms with Gasteiger partial charge in [0.15, 0.2) is 18.8 Å². The summed E-state index contributed by atoms with van der Waals surface area (Å²) >= 11 is 9.84. The van der Waals surface area contributed by atoms with E-state index >= 15 is 0 Å². The lowest BCUT2D eigenvalue weighted by Crippen LogP contribution is -2.43. The second kappa shape index (κ2) is 21.5. The number of rotatable bonds is 18. The molecule has 0 aliphatic heterocycles. The van der Waals surface area contributed by atoms with Gasteiger partial charge in [0.25, 0.3) is 17.7 Å². The standard InChI is InChI=1S/C29H36Br3N3O15/c1-13(37)46-10-19(49-16(4)40)6-33-28(44)22-24(30)23(29(45)34-7-20(50-17(5)41)11-47-14(2)38)26(32)27(25(22)31)35(8-18(42)9-36)21(43)12-48-15(3)39/h18-20,36,42H,6-12H2,1-5H3,(H,33,44)(H,34,45). The lowest BCUT2D eigenvalue weighted by Gasteiger charge is -2.29. The molecule has 1 aromatic carbocycles. The van der Waals surface area contributed by atoms with E-state index in [0.717, 1.165) is 39.5 Å². The number of amides is 3. The maximum Gasteiger partial charge on any atom is 0.303 e. The van der Waals surface area contributed by atoms with Crippen LogP contribution in [0.5, 0.6) is 0 Å². The zero-order valence-electron chi connectivity index (χ0n) is 27.5. The van der Waals surface area contributed by atoms with Gasteiger partial charge in [0.1, 0.15) is 13.2 Å². The molecule has 0 aromatic heterocycles. The number of nitrogens with zero attached hydrogens (tertiary/aromatic N) is 1. The molecule has 0 saturated heterocycles. The van der Waals surface area contributed by atoms with Crippen LogP contribution in [0.4, 0.5) is 5.69 Å². The lowest BCUT2D eigenvalue weighted by atomic mass is 10.1. The monoisotopic (exact) mass is 903 g/mol. The van der Waals surface area contributed by atoms with E-state index in [0.29, 0.717) is 0 Å². The van der Waals surface area contributed by atoms with E-state index in [2.05, 4.69) is 58.4 Å². The number of hydrogen-bond acceptors (Lipinski definition) is 15. The average molecular weight is 906 g/mol. The minimum atomic E-state index is -1.55. The fourth-order valence-electron chi connectivity index (χ4n) is 3.86. The van der Waals surface area contributed by atoms with Gasteiger partial charge in [-0.05, 0) is 47.8 Å². The Morgan fingerprint density at radius 1 is 0.660 bits per heavy atom. The van der Waals surface area contributed by atoms with Gasteiger partial charge in [0.05, 0.1) is 58.1 Å². The average Bonchev–Trinajstić information content (AvgIpc) is 3.01. The molecule has 0 radical (unpaired) electrons. The summed E-state index contributed by atoms with van der Waals surface area (Å²) in [6.45, 7) is 1.61. The van der Waals surface area contributed by atoms with Gasteiger partial charge in [0, 0.05) is 39.1 Å². The number of benzene rings is 1. The first-order valence-corrected chi connectivity index (χ1v) is 16.8. The zero-order chi connectivity index (χ0) is 38.3. The number of carbonyl (C=O) groups is 8. The number of aliphatic hydroxyl groups excluding tert-OH is 2. The molecule has 0 saturated carbocycles. The summed E-state index contributed by atoms with van der Waals surface area (Å²) in [7, 11) is 0. The van der Waals surface area contributed by atoms with Gasteiger partial charge in [-0.25, -0.2) is 0 Å². The number of esters is 5. The third kappa shape index (κ3) is 14.7. The Morgan fingerprint density at radius 3 is 1.40 bits per heavy atom. The Labute approximate surface area is 311 Å². The first-order chi connectivity index (χ1) is 23.3. The minimum absolute atomic E-state index is 0.150. The van der Waals surface area contributed by atoms with Crippen LogP contribution in [0, 0.1) is 0 Å². The molecule has 278 valence electrons. The number of hydrogen-bond donors (Lipinski definition) is 4. The number of aliphatic hydroxyl groups is 2. The van der Waals surface area contributed by atoms with Crippen molar-refractivity contribution >= 4 is 101 Å². The molecule has 3 unspecified atom stereocenters. The van der Waals surface area contributed by atoms with Gasteiger partial charge in [-0.3, -0.25) is 38.4 Å². The second-order valence-corrected chi connectivity index (χ2v) is 12.5. The van der Waals surface area contributed by atoms with Crippen LogP contribution >= 0.6 is 47.8 Å². The van der Waals surface area contributed by atoms with Gasteiger partial charge < -0.3 is 49.4 Å². The molecule has 3 atom stereocenters. The van der Waals surface area contributed by atoms with Gasteiger partial charge in [-0.2, -0.15) is 0 Å². The van der Waals surface area contributed by atoms with Crippen LogP contribution in [0.1, 0.15) is 55.3 Å². The molecule has 3 amide bonds. The van der Waals surface area contributed by atoms with Crippen LogP contribution in [0.25, 0.3) is 0 Å². The minimum Gasteiger partial charge on any atom is -0.462 e. The number of nitrogens with one attached hydrogen (secondary N) is 2. The van der Waals surface area contributed by atoms with E-state index in [1.165, 1.54) is 0 Å². The third-order valence-corrected chi connectivity index (χ3v) is 8.25. The van der Waals surface area contributed by atoms with Crippen molar-refractivity contribution in [2.45, 2.75) is 52.9 Å². The molecule has 0 spiro atoms. The van der Waals surface area contributed by atoms with Gasteiger partial charge in [-0.15, -0.1) is 0 Å². The highest BCUT2D eigenvalue weighted by Crippen LogP contribution is 2.44. The summed E-state index contributed by atoms with van der Waals surface area (Å²) in [5, 5.41) is 24.9. The fourth-order valence-corrected chi connectivity index (χ4v) is 7.00. The third-order valence-electron chi connectivity index (χ3n) is 5.91. The molecule has 0 bridgehead atoms. The van der Waals surface area contributed by atoms with E-state index in [4.69, 9.17) is 23.7 Å². The summed E-state index contributed by atoms with van der Waals surface area (Å²) in [6.07, 6.45) is -3.81. The first kappa shape index (κ1) is 44.4. The number of halogens is 3. The molecule has 18 nitrogen and oxygen atoms in total. The fraction of sp³-hybridized carbons (Fsp3) is 0.517. The topological polar surface area (TPSA) is 250 Å². The normalized spacial score (nSPS) is 12.4. The van der Waals surface area contributed by atoms with Crippen LogP contribution in [-0.2, 0) is 52.5 Å². The van der Waals surface area contributed by atoms with Crippen LogP contribution in [0.3, 0.4) is 0 Å². The predicted octanol–water partition coefficient (Wildman–Crippen LogP) is 0.673. The molecule has 1 aromatic rings. The van der Waals surface area contributed by atoms with E-state index in [1.54, 1.807) is 0 Å². The summed E-state index contributed by atoms with van der Waals surface area (Å²) in [5.74, 6) is -6.45.